The number of hydrogen-bond donors (Lipinski definition) is 2. The molecule has 11 heteroatoms. The van der Waals surface area contributed by atoms with E-state index >= 15 is 0 Å². The van der Waals surface area contributed by atoms with Gasteiger partial charge >= 0.3 is 6.18 Å². The molecule has 0 aliphatic heterocycles. The van der Waals surface area contributed by atoms with Gasteiger partial charge in [0.15, 0.2) is 17.2 Å². The van der Waals surface area contributed by atoms with Gasteiger partial charge in [-0.1, -0.05) is 0 Å². The Kier molecular flexibility index (Phi) is 3.99. The zero-order chi connectivity index (χ0) is 18.2. The van der Waals surface area contributed by atoms with Crippen molar-refractivity contribution in [3.05, 3.63) is 47.8 Å². The van der Waals surface area contributed by atoms with Gasteiger partial charge in [0, 0.05) is 24.9 Å². The molecule has 0 radical (unpaired) electrons. The molecule has 3 aromatic heterocycles. The van der Waals surface area contributed by atoms with Crippen LogP contribution in [0, 0.1) is 5.82 Å². The van der Waals surface area contributed by atoms with E-state index in [-0.39, 0.29) is 22.8 Å². The number of nitrogens with zero attached hydrogens (tertiary/aromatic N) is 4. The van der Waals surface area contributed by atoms with Crippen LogP contribution in [0.25, 0.3) is 11.3 Å². The van der Waals surface area contributed by atoms with E-state index in [1.54, 1.807) is 0 Å². The van der Waals surface area contributed by atoms with Crippen molar-refractivity contribution in [3.63, 3.8) is 0 Å². The third-order valence-corrected chi connectivity index (χ3v) is 3.28. The summed E-state index contributed by atoms with van der Waals surface area (Å²) in [6.45, 7) is 0. The minimum absolute atomic E-state index is 0.124. The number of nitrogens with one attached hydrogen (secondary N) is 2. The number of amides is 1. The van der Waals surface area contributed by atoms with Crippen molar-refractivity contribution in [2.24, 2.45) is 7.05 Å². The number of pyridine rings is 1. The van der Waals surface area contributed by atoms with Crippen molar-refractivity contribution < 1.29 is 22.4 Å². The van der Waals surface area contributed by atoms with Gasteiger partial charge in [0.2, 0.25) is 0 Å². The number of carbonyl (C=O) groups is 1. The Hall–Kier alpha value is -3.24. The molecular formula is C14H10F4N6O. The molecule has 0 bridgehead atoms. The van der Waals surface area contributed by atoms with E-state index in [9.17, 15) is 22.4 Å². The van der Waals surface area contributed by atoms with Gasteiger partial charge in [-0.25, -0.2) is 4.39 Å². The van der Waals surface area contributed by atoms with Crippen LogP contribution in [0.3, 0.4) is 0 Å². The molecule has 3 aromatic rings. The molecule has 0 aliphatic carbocycles. The zero-order valence-electron chi connectivity index (χ0n) is 12.6. The number of H-pyrrole nitrogens is 1. The largest absolute Gasteiger partial charge is 0.435 e. The molecule has 0 aromatic carbocycles. The number of aryl methyl sites for hydroxylation is 1. The average Bonchev–Trinajstić information content (AvgIpc) is 3.15. The average molecular weight is 354 g/mol. The van der Waals surface area contributed by atoms with Crippen LogP contribution >= 0.6 is 0 Å². The zero-order valence-corrected chi connectivity index (χ0v) is 12.6. The SMILES string of the molecule is Cn1nc(C(F)(F)F)cc1NC(=O)c1cc(-c2ccncc2F)[nH]n1. The molecule has 0 spiro atoms. The van der Waals surface area contributed by atoms with Crippen LogP contribution in [0.4, 0.5) is 23.4 Å². The van der Waals surface area contributed by atoms with Gasteiger partial charge in [0.25, 0.3) is 5.91 Å². The Morgan fingerprint density at radius 2 is 2.08 bits per heavy atom. The molecule has 2 N–H and O–H groups in total. The van der Waals surface area contributed by atoms with Crippen LogP contribution in [0.5, 0.6) is 0 Å². The van der Waals surface area contributed by atoms with Gasteiger partial charge in [-0.05, 0) is 12.1 Å². The summed E-state index contributed by atoms with van der Waals surface area (Å²) in [5, 5.41) is 11.8. The lowest BCUT2D eigenvalue weighted by atomic mass is 10.2. The number of carbonyl (C=O) groups excluding carboxylic acids is 1. The summed E-state index contributed by atoms with van der Waals surface area (Å²) in [6, 6.07) is 3.37. The Morgan fingerprint density at radius 1 is 1.32 bits per heavy atom. The first-order valence-corrected chi connectivity index (χ1v) is 6.83. The molecule has 130 valence electrons. The second-order valence-electron chi connectivity index (χ2n) is 5.01. The summed E-state index contributed by atoms with van der Waals surface area (Å²) in [4.78, 5) is 15.7. The van der Waals surface area contributed by atoms with E-state index < -0.39 is 23.6 Å². The number of anilines is 1. The lowest BCUT2D eigenvalue weighted by molar-refractivity contribution is -0.141. The van der Waals surface area contributed by atoms with Gasteiger partial charge in [-0.3, -0.25) is 19.6 Å². The number of rotatable bonds is 3. The van der Waals surface area contributed by atoms with Gasteiger partial charge in [0.1, 0.15) is 5.82 Å². The van der Waals surface area contributed by atoms with Crippen molar-refractivity contribution in [1.82, 2.24) is 25.0 Å². The number of hydrogen-bond acceptors (Lipinski definition) is 4. The Balaban J connectivity index is 1.81. The van der Waals surface area contributed by atoms with Gasteiger partial charge < -0.3 is 5.32 Å². The number of alkyl halides is 3. The molecule has 0 saturated carbocycles. The minimum atomic E-state index is -4.63. The molecule has 0 aliphatic rings. The third-order valence-electron chi connectivity index (χ3n) is 3.28. The van der Waals surface area contributed by atoms with Gasteiger partial charge in [-0.15, -0.1) is 0 Å². The third kappa shape index (κ3) is 3.34. The second kappa shape index (κ2) is 6.00. The molecular weight excluding hydrogens is 344 g/mol. The lowest BCUT2D eigenvalue weighted by Crippen LogP contribution is -2.14. The molecule has 3 heterocycles. The highest BCUT2D eigenvalue weighted by atomic mass is 19.4. The fourth-order valence-electron chi connectivity index (χ4n) is 2.07. The van der Waals surface area contributed by atoms with Crippen LogP contribution in [-0.2, 0) is 13.2 Å². The molecule has 25 heavy (non-hydrogen) atoms. The highest BCUT2D eigenvalue weighted by Gasteiger charge is 2.34. The van der Waals surface area contributed by atoms with Crippen LogP contribution in [0.1, 0.15) is 16.2 Å². The summed E-state index contributed by atoms with van der Waals surface area (Å²) in [6.07, 6.45) is -2.25. The molecule has 0 atom stereocenters. The highest BCUT2D eigenvalue weighted by Crippen LogP contribution is 2.29. The van der Waals surface area contributed by atoms with Crippen LogP contribution < -0.4 is 5.32 Å². The smallest absolute Gasteiger partial charge is 0.305 e. The normalized spacial score (nSPS) is 11.6. The molecule has 0 saturated heterocycles. The van der Waals surface area contributed by atoms with E-state index in [1.165, 1.54) is 25.4 Å². The summed E-state index contributed by atoms with van der Waals surface area (Å²) in [5.74, 6) is -1.54. The Bertz CT molecular complexity index is 930. The maximum atomic E-state index is 13.7. The Morgan fingerprint density at radius 3 is 2.72 bits per heavy atom. The second-order valence-corrected chi connectivity index (χ2v) is 5.01. The first-order chi connectivity index (χ1) is 11.8. The van der Waals surface area contributed by atoms with E-state index in [2.05, 4.69) is 25.6 Å². The van der Waals surface area contributed by atoms with E-state index in [0.29, 0.717) is 6.07 Å². The fraction of sp³-hybridized carbons (Fsp3) is 0.143. The predicted octanol–water partition coefficient (Wildman–Crippen LogP) is 2.62. The standard InChI is InChI=1S/C14H10F4N6O/c1-24-12(5-11(23-24)14(16,17)18)20-13(25)10-4-9(21-22-10)7-2-3-19-6-8(7)15/h2-6H,1H3,(H,20,25)(H,21,22). The number of aromatic nitrogens is 5. The van der Waals surface area contributed by atoms with Crippen LogP contribution in [0.15, 0.2) is 30.6 Å². The molecule has 7 nitrogen and oxygen atoms in total. The molecule has 0 unspecified atom stereocenters. The van der Waals surface area contributed by atoms with Crippen molar-refractivity contribution in [2.75, 3.05) is 5.32 Å². The lowest BCUT2D eigenvalue weighted by Gasteiger charge is -2.02. The van der Waals surface area contributed by atoms with Gasteiger partial charge in [-0.2, -0.15) is 23.4 Å². The van der Waals surface area contributed by atoms with Crippen molar-refractivity contribution in [2.45, 2.75) is 6.18 Å². The number of halogens is 4. The van der Waals surface area contributed by atoms with Crippen molar-refractivity contribution >= 4 is 11.7 Å². The van der Waals surface area contributed by atoms with E-state index in [1.807, 2.05) is 0 Å². The first kappa shape index (κ1) is 16.6. The van der Waals surface area contributed by atoms with Crippen LogP contribution in [0.2, 0.25) is 0 Å². The van der Waals surface area contributed by atoms with Gasteiger partial charge in [0.05, 0.1) is 11.9 Å². The molecule has 0 fully saturated rings. The summed E-state index contributed by atoms with van der Waals surface area (Å²) in [5.41, 5.74) is -0.875. The quantitative estimate of drug-likeness (QED) is 0.708. The molecule has 1 amide bonds. The monoisotopic (exact) mass is 354 g/mol. The highest BCUT2D eigenvalue weighted by molar-refractivity contribution is 6.03. The predicted molar refractivity (Wildman–Crippen MR) is 77.9 cm³/mol. The molecule has 3 rings (SSSR count). The number of aromatic amines is 1. The van der Waals surface area contributed by atoms with Crippen molar-refractivity contribution in [3.8, 4) is 11.3 Å². The Labute approximate surface area is 137 Å². The minimum Gasteiger partial charge on any atom is -0.305 e. The maximum absolute atomic E-state index is 13.7. The van der Waals surface area contributed by atoms with Crippen LogP contribution in [-0.4, -0.2) is 30.9 Å². The topological polar surface area (TPSA) is 88.5 Å². The fourth-order valence-corrected chi connectivity index (χ4v) is 2.07. The summed E-state index contributed by atoms with van der Waals surface area (Å²) < 4.78 is 52.4. The van der Waals surface area contributed by atoms with E-state index in [0.717, 1.165) is 10.9 Å². The first-order valence-electron chi connectivity index (χ1n) is 6.83. The summed E-state index contributed by atoms with van der Waals surface area (Å²) >= 11 is 0. The van der Waals surface area contributed by atoms with E-state index in [4.69, 9.17) is 0 Å². The van der Waals surface area contributed by atoms with Crippen molar-refractivity contribution in [1.29, 1.82) is 0 Å². The summed E-state index contributed by atoms with van der Waals surface area (Å²) in [7, 11) is 1.26. The maximum Gasteiger partial charge on any atom is 0.435 e.